The molecule has 0 aromatic heterocycles. The number of aliphatic hydroxyl groups excluding tert-OH is 8. The van der Waals surface area contributed by atoms with Gasteiger partial charge in [-0.15, -0.1) is 25.5 Å². The van der Waals surface area contributed by atoms with Gasteiger partial charge in [0, 0.05) is 29.5 Å². The normalized spacial score (nSPS) is 33.8. The van der Waals surface area contributed by atoms with Crippen LogP contribution in [0.2, 0.25) is 0 Å². The number of alkyl halides is 6. The number of carbonyl (C=O) groups is 5. The van der Waals surface area contributed by atoms with E-state index in [1.54, 1.807) is 0 Å². The van der Waals surface area contributed by atoms with Gasteiger partial charge in [-0.2, -0.15) is 26.3 Å². The van der Waals surface area contributed by atoms with Crippen molar-refractivity contribution in [3.63, 3.8) is 0 Å². The van der Waals surface area contributed by atoms with Crippen molar-refractivity contribution in [2.75, 3.05) is 26.4 Å². The largest absolute Gasteiger partial charge is 0.442 e. The number of hydrogen-bond acceptors (Lipinski definition) is 25. The van der Waals surface area contributed by atoms with Crippen molar-refractivity contribution in [2.24, 2.45) is 26.2 Å². The molecule has 0 bridgehead atoms. The summed E-state index contributed by atoms with van der Waals surface area (Å²) in [7, 11) is 0. The average molecular weight is 1080 g/mol. The fourth-order valence-electron chi connectivity index (χ4n) is 8.30. The van der Waals surface area contributed by atoms with Crippen LogP contribution >= 0.6 is 0 Å². The molecule has 0 aliphatic carbocycles. The predicted molar refractivity (Wildman–Crippen MR) is 225 cm³/mol. The van der Waals surface area contributed by atoms with E-state index in [4.69, 9.17) is 29.4 Å². The number of hydroxylamine groups is 2. The van der Waals surface area contributed by atoms with Crippen molar-refractivity contribution in [3.8, 4) is 0 Å². The molecule has 8 rings (SSSR count). The molecule has 6 aliphatic rings. The first-order valence-corrected chi connectivity index (χ1v) is 22.4. The van der Waals surface area contributed by atoms with E-state index in [1.807, 2.05) is 0 Å². The summed E-state index contributed by atoms with van der Waals surface area (Å²) in [5.74, 6) is -3.28. The van der Waals surface area contributed by atoms with Crippen molar-refractivity contribution in [2.45, 2.75) is 128 Å². The van der Waals surface area contributed by atoms with Crippen LogP contribution in [-0.4, -0.2) is 207 Å². The molecule has 2 aromatic rings. The lowest BCUT2D eigenvalue weighted by atomic mass is 9.93. The summed E-state index contributed by atoms with van der Waals surface area (Å²) in [6.45, 7) is -2.87. The number of carbonyl (C=O) groups excluding carboxylic acids is 5. The smallest absolute Gasteiger partial charge is 0.394 e. The lowest BCUT2D eigenvalue weighted by Gasteiger charge is -2.49. The molecule has 4 fully saturated rings. The Labute approximate surface area is 416 Å². The lowest BCUT2D eigenvalue weighted by molar-refractivity contribution is -0.351. The number of benzene rings is 2. The summed E-state index contributed by atoms with van der Waals surface area (Å²) in [4.78, 5) is 63.5. The molecule has 15 atom stereocenters. The molecular weight excluding hydrogens is 1030 g/mol. The Kier molecular flexibility index (Phi) is 17.1. The summed E-state index contributed by atoms with van der Waals surface area (Å²) in [6, 6.07) is 3.79. The highest BCUT2D eigenvalue weighted by molar-refractivity contribution is 6.02. The molecule has 33 heteroatoms. The predicted octanol–water partition coefficient (Wildman–Crippen LogP) is -3.10. The van der Waals surface area contributed by atoms with Gasteiger partial charge in [-0.05, 0) is 24.3 Å². The molecule has 27 nitrogen and oxygen atoms in total. The highest BCUT2D eigenvalue weighted by atomic mass is 19.4. The molecule has 412 valence electrons. The Balaban J connectivity index is 0.000000295. The van der Waals surface area contributed by atoms with Gasteiger partial charge in [0.05, 0.1) is 44.0 Å². The first-order chi connectivity index (χ1) is 35.4. The molecule has 15 unspecified atom stereocenters. The van der Waals surface area contributed by atoms with Crippen LogP contribution in [0.15, 0.2) is 69.0 Å². The zero-order valence-electron chi connectivity index (χ0n) is 38.2. The van der Waals surface area contributed by atoms with Crippen LogP contribution in [0.1, 0.15) is 44.7 Å². The van der Waals surface area contributed by atoms with Crippen molar-refractivity contribution < 1.29 is 120 Å². The average Bonchev–Trinajstić information content (AvgIpc) is 4.33. The minimum Gasteiger partial charge on any atom is -0.394 e. The fourth-order valence-corrected chi connectivity index (χ4v) is 8.30. The summed E-state index contributed by atoms with van der Waals surface area (Å²) < 4.78 is 107. The molecule has 0 saturated carbocycles. The van der Waals surface area contributed by atoms with Crippen molar-refractivity contribution in [1.29, 1.82) is 0 Å². The summed E-state index contributed by atoms with van der Waals surface area (Å²) in [5.41, 5.74) is -0.240. The maximum atomic E-state index is 13.4. The van der Waals surface area contributed by atoms with E-state index in [9.17, 15) is 91.2 Å². The van der Waals surface area contributed by atoms with Crippen molar-refractivity contribution >= 4 is 30.0 Å². The van der Waals surface area contributed by atoms with Crippen LogP contribution in [0, 0.1) is 0 Å². The number of nitrogens with two attached hydrogens (primary N) is 1. The van der Waals surface area contributed by atoms with Gasteiger partial charge in [0.25, 0.3) is 17.7 Å². The first kappa shape index (κ1) is 57.1. The van der Waals surface area contributed by atoms with E-state index in [0.717, 1.165) is 48.5 Å². The molecular formula is C42H48F6N8O19. The molecule has 75 heavy (non-hydrogen) atoms. The topological polar surface area (TPSA) is 405 Å². The third-order valence-corrected chi connectivity index (χ3v) is 12.6. The molecule has 2 aromatic carbocycles. The van der Waals surface area contributed by atoms with E-state index in [0.29, 0.717) is 11.3 Å². The number of aliphatic hydroxyl groups is 8. The second-order valence-corrected chi connectivity index (χ2v) is 17.4. The standard InChI is InChI=1S/C29H40F3N5O15.C13H8F3N3O4/c30-29(31,32)28(36-37-28)11-3-1-10(2-4-11)24(46)35-16-20(44)22(13(8-40)48-25(16)47)52-27-17(34-5-6-38)21(45)23(14(9-41)50-27)51-26-15(33)19(43)18(42)12(7-39)49-26;14-13(15,16)12(17-18-12)8-3-1-7(2-4-8)11(22)23-19-9(20)5-6-10(19)21/h1-4,6,12-23,25-27,34,39-45,47H,5,7-9,33H2,(H,35,46);1-4H,5-6H2. The van der Waals surface area contributed by atoms with Gasteiger partial charge in [0.15, 0.2) is 18.9 Å². The Bertz CT molecular complexity index is 2430. The number of ether oxygens (including phenoxy) is 5. The number of rotatable bonds is 16. The molecule has 3 amide bonds. The summed E-state index contributed by atoms with van der Waals surface area (Å²) in [5, 5.41) is 101. The van der Waals surface area contributed by atoms with E-state index >= 15 is 0 Å². The molecule has 0 spiro atoms. The number of amides is 3. The zero-order chi connectivity index (χ0) is 54.9. The van der Waals surface area contributed by atoms with Gasteiger partial charge in [0.2, 0.25) is 0 Å². The van der Waals surface area contributed by atoms with E-state index in [1.165, 1.54) is 0 Å². The molecule has 6 aliphatic heterocycles. The van der Waals surface area contributed by atoms with Gasteiger partial charge in [-0.25, -0.2) is 4.79 Å². The molecule has 4 saturated heterocycles. The molecule has 12 N–H and O–H groups in total. The quantitative estimate of drug-likeness (QED) is 0.0450. The van der Waals surface area contributed by atoms with Crippen molar-refractivity contribution in [1.82, 2.24) is 15.7 Å². The van der Waals surface area contributed by atoms with Gasteiger partial charge in [-0.1, -0.05) is 24.3 Å². The van der Waals surface area contributed by atoms with Crippen LogP contribution in [0.5, 0.6) is 0 Å². The van der Waals surface area contributed by atoms with Crippen LogP contribution < -0.4 is 16.4 Å². The number of aldehydes is 1. The second-order valence-electron chi connectivity index (χ2n) is 17.4. The number of halogens is 6. The number of imide groups is 1. The number of hydrogen-bond donors (Lipinski definition) is 11. The van der Waals surface area contributed by atoms with Crippen molar-refractivity contribution in [3.05, 3.63) is 70.8 Å². The van der Waals surface area contributed by atoms with Gasteiger partial charge < -0.3 is 90.5 Å². The van der Waals surface area contributed by atoms with Gasteiger partial charge >= 0.3 is 29.6 Å². The summed E-state index contributed by atoms with van der Waals surface area (Å²) >= 11 is 0. The minimum atomic E-state index is -4.80. The van der Waals surface area contributed by atoms with Crippen LogP contribution in [0.25, 0.3) is 0 Å². The number of nitrogens with one attached hydrogen (secondary N) is 2. The van der Waals surface area contributed by atoms with Gasteiger partial charge in [0.1, 0.15) is 67.3 Å². The van der Waals surface area contributed by atoms with Crippen LogP contribution in [0.3, 0.4) is 0 Å². The first-order valence-electron chi connectivity index (χ1n) is 22.4. The van der Waals surface area contributed by atoms with Crippen LogP contribution in [0.4, 0.5) is 26.3 Å². The third kappa shape index (κ3) is 11.6. The Hall–Kier alpha value is -5.63. The SMILES string of the molecule is NC1C(OC2C(CO)OC(OC3C(CO)OC(O)C(NC(=O)c4ccc(C5(C(F)(F)F)N=N5)cc4)C3O)C(NCC=O)C2O)OC(CO)C(O)C1O.O=C(ON1C(=O)CCC1=O)c1ccc(C2(C(F)(F)F)N=N2)cc1. The monoisotopic (exact) mass is 1080 g/mol. The second kappa shape index (κ2) is 22.5. The van der Waals surface area contributed by atoms with Gasteiger partial charge in [-0.3, -0.25) is 14.4 Å². The van der Waals surface area contributed by atoms with Crippen LogP contribution in [-0.2, 0) is 54.2 Å². The number of nitrogens with zero attached hydrogens (tertiary/aromatic N) is 5. The lowest BCUT2D eigenvalue weighted by Crippen LogP contribution is -2.70. The van der Waals surface area contributed by atoms with E-state index in [2.05, 4.69) is 35.9 Å². The minimum absolute atomic E-state index is 0.0534. The molecule has 0 radical (unpaired) electrons. The summed E-state index contributed by atoms with van der Waals surface area (Å²) in [6.07, 6.45) is -28.7. The Morgan fingerprint density at radius 1 is 0.680 bits per heavy atom. The fraction of sp³-hybridized carbons (Fsp3) is 0.595. The highest BCUT2D eigenvalue weighted by Crippen LogP contribution is 2.53. The third-order valence-electron chi connectivity index (χ3n) is 12.6. The molecule has 6 heterocycles. The maximum absolute atomic E-state index is 13.4. The Morgan fingerprint density at radius 2 is 1.13 bits per heavy atom. The maximum Gasteiger partial charge on any atom is 0.442 e. The highest BCUT2D eigenvalue weighted by Gasteiger charge is 2.66. The zero-order valence-corrected chi connectivity index (χ0v) is 38.2. The Morgan fingerprint density at radius 3 is 1.60 bits per heavy atom. The van der Waals surface area contributed by atoms with E-state index < -0.39 is 166 Å². The van der Waals surface area contributed by atoms with E-state index in [-0.39, 0.29) is 35.1 Å².